The summed E-state index contributed by atoms with van der Waals surface area (Å²) in [5.41, 5.74) is 2.12. The predicted octanol–water partition coefficient (Wildman–Crippen LogP) is 2.39. The van der Waals surface area contributed by atoms with Crippen LogP contribution in [0.3, 0.4) is 0 Å². The van der Waals surface area contributed by atoms with Gasteiger partial charge in [-0.1, -0.05) is 24.1 Å². The maximum absolute atomic E-state index is 9.44. The third kappa shape index (κ3) is 3.31. The van der Waals surface area contributed by atoms with Crippen molar-refractivity contribution in [2.75, 3.05) is 13.2 Å². The summed E-state index contributed by atoms with van der Waals surface area (Å²) in [5.74, 6) is 1.18. The summed E-state index contributed by atoms with van der Waals surface area (Å²) in [6.45, 7) is 3.83. The Kier molecular flexibility index (Phi) is 4.31. The van der Waals surface area contributed by atoms with Crippen molar-refractivity contribution in [2.24, 2.45) is 0 Å². The van der Waals surface area contributed by atoms with Crippen molar-refractivity contribution in [3.63, 3.8) is 0 Å². The smallest absolute Gasteiger partial charge is 0.247 e. The number of rotatable bonds is 4. The number of likely N-dealkylation sites (tertiary alicyclic amines) is 1. The van der Waals surface area contributed by atoms with Gasteiger partial charge in [-0.2, -0.15) is 0 Å². The molecule has 1 aromatic heterocycles. The minimum atomic E-state index is 0.193. The molecule has 2 aromatic rings. The van der Waals surface area contributed by atoms with Gasteiger partial charge in [0.25, 0.3) is 0 Å². The number of piperidine rings is 1. The van der Waals surface area contributed by atoms with E-state index in [4.69, 9.17) is 4.42 Å². The van der Waals surface area contributed by atoms with Crippen LogP contribution in [0.4, 0.5) is 0 Å². The molecule has 1 atom stereocenters. The van der Waals surface area contributed by atoms with Crippen molar-refractivity contribution in [1.82, 2.24) is 15.1 Å². The standard InChI is InChI=1S/C16H21N3O2/c1-12-5-4-6-13(9-12)16-18-17-15(21-16)10-19-8-3-2-7-14(19)11-20/h4-6,9,14,20H,2-3,7-8,10-11H2,1H3. The zero-order chi connectivity index (χ0) is 14.7. The molecular weight excluding hydrogens is 266 g/mol. The van der Waals surface area contributed by atoms with Gasteiger partial charge in [-0.3, -0.25) is 4.90 Å². The van der Waals surface area contributed by atoms with E-state index in [0.717, 1.165) is 24.9 Å². The quantitative estimate of drug-likeness (QED) is 0.935. The first-order chi connectivity index (χ1) is 10.3. The second kappa shape index (κ2) is 6.37. The number of aromatic nitrogens is 2. The summed E-state index contributed by atoms with van der Waals surface area (Å²) >= 11 is 0. The van der Waals surface area contributed by atoms with Crippen molar-refractivity contribution in [2.45, 2.75) is 38.8 Å². The van der Waals surface area contributed by atoms with Crippen LogP contribution in [0.2, 0.25) is 0 Å². The molecule has 1 aliphatic rings. The molecule has 5 heteroatoms. The average Bonchev–Trinajstić information content (AvgIpc) is 2.96. The number of hydrogen-bond donors (Lipinski definition) is 1. The maximum atomic E-state index is 9.44. The van der Waals surface area contributed by atoms with Gasteiger partial charge < -0.3 is 9.52 Å². The van der Waals surface area contributed by atoms with Crippen molar-refractivity contribution >= 4 is 0 Å². The van der Waals surface area contributed by atoms with E-state index in [1.807, 2.05) is 31.2 Å². The molecule has 0 spiro atoms. The fraction of sp³-hybridized carbons (Fsp3) is 0.500. The molecule has 1 unspecified atom stereocenters. The van der Waals surface area contributed by atoms with Crippen molar-refractivity contribution in [3.8, 4) is 11.5 Å². The highest BCUT2D eigenvalue weighted by molar-refractivity contribution is 5.53. The molecule has 1 fully saturated rings. The highest BCUT2D eigenvalue weighted by Gasteiger charge is 2.23. The van der Waals surface area contributed by atoms with E-state index in [1.54, 1.807) is 0 Å². The molecule has 0 saturated carbocycles. The first-order valence-electron chi connectivity index (χ1n) is 7.50. The summed E-state index contributed by atoms with van der Waals surface area (Å²) in [4.78, 5) is 2.23. The molecule has 0 radical (unpaired) electrons. The normalized spacial score (nSPS) is 19.8. The van der Waals surface area contributed by atoms with Gasteiger partial charge in [0.15, 0.2) is 0 Å². The molecule has 5 nitrogen and oxygen atoms in total. The van der Waals surface area contributed by atoms with Gasteiger partial charge in [-0.25, -0.2) is 0 Å². The first kappa shape index (κ1) is 14.2. The van der Waals surface area contributed by atoms with Crippen molar-refractivity contribution < 1.29 is 9.52 Å². The van der Waals surface area contributed by atoms with Gasteiger partial charge in [-0.15, -0.1) is 10.2 Å². The summed E-state index contributed by atoms with van der Waals surface area (Å²) in [7, 11) is 0. The number of hydrogen-bond acceptors (Lipinski definition) is 5. The van der Waals surface area contributed by atoms with E-state index in [0.29, 0.717) is 18.3 Å². The minimum absolute atomic E-state index is 0.193. The van der Waals surface area contributed by atoms with Gasteiger partial charge in [0.1, 0.15) is 0 Å². The SMILES string of the molecule is Cc1cccc(-c2nnc(CN3CCCCC3CO)o2)c1. The fourth-order valence-electron chi connectivity index (χ4n) is 2.86. The third-order valence-corrected chi connectivity index (χ3v) is 4.03. The second-order valence-corrected chi connectivity index (χ2v) is 5.67. The topological polar surface area (TPSA) is 62.4 Å². The number of nitrogens with zero attached hydrogens (tertiary/aromatic N) is 3. The van der Waals surface area contributed by atoms with Crippen LogP contribution < -0.4 is 0 Å². The lowest BCUT2D eigenvalue weighted by atomic mass is 10.0. The van der Waals surface area contributed by atoms with Gasteiger partial charge in [0, 0.05) is 11.6 Å². The lowest BCUT2D eigenvalue weighted by Crippen LogP contribution is -2.41. The number of aryl methyl sites for hydroxylation is 1. The molecule has 112 valence electrons. The van der Waals surface area contributed by atoms with E-state index in [9.17, 15) is 5.11 Å². The Morgan fingerprint density at radius 2 is 2.24 bits per heavy atom. The highest BCUT2D eigenvalue weighted by Crippen LogP contribution is 2.22. The van der Waals surface area contributed by atoms with E-state index >= 15 is 0 Å². The van der Waals surface area contributed by atoms with E-state index in [1.165, 1.54) is 12.0 Å². The molecule has 0 amide bonds. The van der Waals surface area contributed by atoms with Crippen molar-refractivity contribution in [1.29, 1.82) is 0 Å². The largest absolute Gasteiger partial charge is 0.419 e. The minimum Gasteiger partial charge on any atom is -0.419 e. The molecular formula is C16H21N3O2. The van der Waals surface area contributed by atoms with Crippen LogP contribution in [0.15, 0.2) is 28.7 Å². The Hall–Kier alpha value is -1.72. The van der Waals surface area contributed by atoms with Gasteiger partial charge in [0.05, 0.1) is 13.2 Å². The molecule has 1 aromatic carbocycles. The summed E-state index contributed by atoms with van der Waals surface area (Å²) in [6.07, 6.45) is 3.38. The maximum Gasteiger partial charge on any atom is 0.247 e. The average molecular weight is 287 g/mol. The molecule has 21 heavy (non-hydrogen) atoms. The predicted molar refractivity (Wildman–Crippen MR) is 79.6 cm³/mol. The van der Waals surface area contributed by atoms with E-state index in [-0.39, 0.29) is 12.6 Å². The number of aliphatic hydroxyl groups excluding tert-OH is 1. The van der Waals surface area contributed by atoms with Crippen LogP contribution in [0.5, 0.6) is 0 Å². The van der Waals surface area contributed by atoms with Crippen molar-refractivity contribution in [3.05, 3.63) is 35.7 Å². The molecule has 1 saturated heterocycles. The molecule has 2 heterocycles. The Morgan fingerprint density at radius 1 is 1.33 bits per heavy atom. The van der Waals surface area contributed by atoms with Gasteiger partial charge in [0.2, 0.25) is 11.8 Å². The second-order valence-electron chi connectivity index (χ2n) is 5.67. The molecule has 3 rings (SSSR count). The lowest BCUT2D eigenvalue weighted by molar-refractivity contribution is 0.0769. The molecule has 0 bridgehead atoms. The Balaban J connectivity index is 1.73. The Bertz CT molecular complexity index is 597. The molecule has 1 aliphatic heterocycles. The van der Waals surface area contributed by atoms with Crippen LogP contribution in [-0.4, -0.2) is 39.4 Å². The van der Waals surface area contributed by atoms with E-state index in [2.05, 4.69) is 15.1 Å². The number of benzene rings is 1. The summed E-state index contributed by atoms with van der Waals surface area (Å²) in [6, 6.07) is 8.26. The van der Waals surface area contributed by atoms with Gasteiger partial charge >= 0.3 is 0 Å². The fourth-order valence-corrected chi connectivity index (χ4v) is 2.86. The van der Waals surface area contributed by atoms with Crippen LogP contribution in [-0.2, 0) is 6.54 Å². The highest BCUT2D eigenvalue weighted by atomic mass is 16.4. The van der Waals surface area contributed by atoms with Crippen LogP contribution in [0.25, 0.3) is 11.5 Å². The Labute approximate surface area is 124 Å². The Morgan fingerprint density at radius 3 is 3.05 bits per heavy atom. The zero-order valence-corrected chi connectivity index (χ0v) is 12.3. The first-order valence-corrected chi connectivity index (χ1v) is 7.50. The summed E-state index contributed by atoms with van der Waals surface area (Å²) in [5, 5.41) is 17.7. The van der Waals surface area contributed by atoms with E-state index < -0.39 is 0 Å². The molecule has 1 N–H and O–H groups in total. The number of aliphatic hydroxyl groups is 1. The monoisotopic (exact) mass is 287 g/mol. The molecule has 0 aliphatic carbocycles. The zero-order valence-electron chi connectivity index (χ0n) is 12.3. The van der Waals surface area contributed by atoms with Crippen LogP contribution in [0.1, 0.15) is 30.7 Å². The lowest BCUT2D eigenvalue weighted by Gasteiger charge is -2.33. The van der Waals surface area contributed by atoms with Crippen LogP contribution in [0, 0.1) is 6.92 Å². The third-order valence-electron chi connectivity index (χ3n) is 4.03. The van der Waals surface area contributed by atoms with Crippen LogP contribution >= 0.6 is 0 Å². The summed E-state index contributed by atoms with van der Waals surface area (Å²) < 4.78 is 5.77. The van der Waals surface area contributed by atoms with Gasteiger partial charge in [-0.05, 0) is 38.4 Å².